The van der Waals surface area contributed by atoms with E-state index >= 15 is 0 Å². The van der Waals surface area contributed by atoms with E-state index in [1.807, 2.05) is 19.1 Å². The van der Waals surface area contributed by atoms with E-state index in [2.05, 4.69) is 16.6 Å². The number of pyridine rings is 1. The Bertz CT molecular complexity index is 953. The number of benzene rings is 1. The van der Waals surface area contributed by atoms with Gasteiger partial charge in [-0.3, -0.25) is 9.69 Å². The summed E-state index contributed by atoms with van der Waals surface area (Å²) in [5, 5.41) is 10.3. The summed E-state index contributed by atoms with van der Waals surface area (Å²) in [5.41, 5.74) is 1.60. The van der Waals surface area contributed by atoms with Crippen LogP contribution in [0.4, 0.5) is 5.82 Å². The lowest BCUT2D eigenvalue weighted by Gasteiger charge is -2.12. The number of hydrogen-bond acceptors (Lipinski definition) is 6. The minimum absolute atomic E-state index is 0.0473. The predicted molar refractivity (Wildman–Crippen MR) is 108 cm³/mol. The number of aromatic hydroxyl groups is 1. The first-order valence-corrected chi connectivity index (χ1v) is 9.05. The van der Waals surface area contributed by atoms with Gasteiger partial charge >= 0.3 is 0 Å². The van der Waals surface area contributed by atoms with Crippen molar-refractivity contribution in [2.24, 2.45) is 4.99 Å². The van der Waals surface area contributed by atoms with Gasteiger partial charge in [0.15, 0.2) is 22.5 Å². The van der Waals surface area contributed by atoms with E-state index in [-0.39, 0.29) is 11.7 Å². The molecule has 0 atom stereocenters. The van der Waals surface area contributed by atoms with Gasteiger partial charge in [0.1, 0.15) is 0 Å². The Labute approximate surface area is 161 Å². The van der Waals surface area contributed by atoms with E-state index in [9.17, 15) is 9.90 Å². The minimum Gasteiger partial charge on any atom is -0.504 e. The zero-order chi connectivity index (χ0) is 19.4. The Hall–Kier alpha value is -3.06. The monoisotopic (exact) mass is 381 g/mol. The van der Waals surface area contributed by atoms with Crippen molar-refractivity contribution in [1.82, 2.24) is 9.88 Å². The van der Waals surface area contributed by atoms with Crippen LogP contribution in [0.2, 0.25) is 0 Å². The van der Waals surface area contributed by atoms with Crippen LogP contribution in [0.1, 0.15) is 11.3 Å². The number of ether oxygens (including phenoxy) is 1. The van der Waals surface area contributed by atoms with Gasteiger partial charge in [-0.2, -0.15) is 0 Å². The zero-order valence-electron chi connectivity index (χ0n) is 15.0. The molecule has 1 saturated heterocycles. The number of carbonyl (C=O) groups is 1. The third-order valence-corrected chi connectivity index (χ3v) is 4.79. The van der Waals surface area contributed by atoms with Crippen LogP contribution in [-0.4, -0.2) is 39.7 Å². The maximum Gasteiger partial charge on any atom is 0.267 e. The maximum atomic E-state index is 12.8. The van der Waals surface area contributed by atoms with Crippen molar-refractivity contribution in [3.8, 4) is 11.5 Å². The Morgan fingerprint density at radius 2 is 2.19 bits per heavy atom. The summed E-state index contributed by atoms with van der Waals surface area (Å²) in [5.74, 6) is 0.789. The highest BCUT2D eigenvalue weighted by Crippen LogP contribution is 2.35. The van der Waals surface area contributed by atoms with Crippen molar-refractivity contribution in [3.63, 3.8) is 0 Å². The van der Waals surface area contributed by atoms with Crippen molar-refractivity contribution in [2.75, 3.05) is 13.7 Å². The fourth-order valence-corrected chi connectivity index (χ4v) is 3.50. The normalized spacial score (nSPS) is 17.0. The molecule has 138 valence electrons. The molecule has 0 unspecified atom stereocenters. The molecule has 3 rings (SSSR count). The Kier molecular flexibility index (Phi) is 5.61. The molecule has 2 aromatic rings. The van der Waals surface area contributed by atoms with E-state index in [4.69, 9.17) is 4.74 Å². The van der Waals surface area contributed by atoms with E-state index < -0.39 is 0 Å². The fraction of sp³-hybridized carbons (Fsp3) is 0.150. The summed E-state index contributed by atoms with van der Waals surface area (Å²) in [7, 11) is 1.48. The highest BCUT2D eigenvalue weighted by Gasteiger charge is 2.32. The molecule has 1 amide bonds. The van der Waals surface area contributed by atoms with Crippen LogP contribution < -0.4 is 4.74 Å². The smallest absolute Gasteiger partial charge is 0.267 e. The topological polar surface area (TPSA) is 75.0 Å². The Morgan fingerprint density at radius 1 is 1.37 bits per heavy atom. The second-order valence-corrected chi connectivity index (χ2v) is 6.79. The van der Waals surface area contributed by atoms with Gasteiger partial charge in [-0.05, 0) is 54.6 Å². The van der Waals surface area contributed by atoms with Crippen LogP contribution in [0.3, 0.4) is 0 Å². The van der Waals surface area contributed by atoms with Gasteiger partial charge < -0.3 is 9.84 Å². The molecule has 0 spiro atoms. The van der Waals surface area contributed by atoms with Crippen LogP contribution in [-0.2, 0) is 4.79 Å². The molecule has 1 aliphatic rings. The number of amides is 1. The molecule has 1 N–H and O–H groups in total. The van der Waals surface area contributed by atoms with Gasteiger partial charge in [-0.15, -0.1) is 6.58 Å². The SMILES string of the molecule is C=CCN1C(=O)/C(=C/c2ccc(O)c(OC)c2)S/C1=N/c1cccc(C)n1. The highest BCUT2D eigenvalue weighted by atomic mass is 32.2. The molecule has 7 heteroatoms. The molecular weight excluding hydrogens is 362 g/mol. The lowest BCUT2D eigenvalue weighted by atomic mass is 10.2. The summed E-state index contributed by atoms with van der Waals surface area (Å²) in [6.07, 6.45) is 3.40. The number of aryl methyl sites for hydroxylation is 1. The number of aliphatic imine (C=N–C) groups is 1. The van der Waals surface area contributed by atoms with Gasteiger partial charge in [0.05, 0.1) is 12.0 Å². The average Bonchev–Trinajstić information content (AvgIpc) is 2.92. The molecule has 1 aliphatic heterocycles. The number of nitrogens with zero attached hydrogens (tertiary/aromatic N) is 3. The fourth-order valence-electron chi connectivity index (χ4n) is 2.51. The van der Waals surface area contributed by atoms with Gasteiger partial charge in [0, 0.05) is 12.2 Å². The molecule has 0 bridgehead atoms. The molecule has 1 aromatic carbocycles. The molecule has 0 saturated carbocycles. The molecule has 1 aromatic heterocycles. The van der Waals surface area contributed by atoms with E-state index in [1.165, 1.54) is 24.9 Å². The number of carbonyl (C=O) groups excluding carboxylic acids is 1. The van der Waals surface area contributed by atoms with E-state index in [1.54, 1.807) is 35.3 Å². The summed E-state index contributed by atoms with van der Waals surface area (Å²) in [4.78, 5) is 23.8. The lowest BCUT2D eigenvalue weighted by Crippen LogP contribution is -2.29. The summed E-state index contributed by atoms with van der Waals surface area (Å²) in [6, 6.07) is 10.5. The Balaban J connectivity index is 1.96. The average molecular weight is 381 g/mol. The van der Waals surface area contributed by atoms with Crippen LogP contribution in [0.5, 0.6) is 11.5 Å². The first-order valence-electron chi connectivity index (χ1n) is 8.23. The third kappa shape index (κ3) is 4.20. The molecule has 1 fully saturated rings. The molecule has 0 radical (unpaired) electrons. The summed E-state index contributed by atoms with van der Waals surface area (Å²) < 4.78 is 5.12. The van der Waals surface area contributed by atoms with E-state index in [0.29, 0.717) is 28.2 Å². The number of phenols is 1. The zero-order valence-corrected chi connectivity index (χ0v) is 15.9. The third-order valence-electron chi connectivity index (χ3n) is 3.79. The summed E-state index contributed by atoms with van der Waals surface area (Å²) in [6.45, 7) is 5.96. The number of methoxy groups -OCH3 is 1. The molecule has 0 aliphatic carbocycles. The summed E-state index contributed by atoms with van der Waals surface area (Å²) >= 11 is 1.28. The van der Waals surface area contributed by atoms with Gasteiger partial charge in [0.2, 0.25) is 0 Å². The number of hydrogen-bond donors (Lipinski definition) is 1. The van der Waals surface area contributed by atoms with Gasteiger partial charge in [-0.1, -0.05) is 18.2 Å². The second kappa shape index (κ2) is 8.09. The van der Waals surface area contributed by atoms with Crippen LogP contribution >= 0.6 is 11.8 Å². The number of phenolic OH excluding ortho intramolecular Hbond substituents is 1. The van der Waals surface area contributed by atoms with Crippen molar-refractivity contribution in [2.45, 2.75) is 6.92 Å². The van der Waals surface area contributed by atoms with Crippen molar-refractivity contribution in [3.05, 3.63) is 65.2 Å². The standard InChI is InChI=1S/C20H19N3O3S/c1-4-10-23-19(25)17(12-14-8-9-15(24)16(11-14)26-3)27-20(23)22-18-7-5-6-13(2)21-18/h4-9,11-12,24H,1,10H2,2-3H3/b17-12-,22-20+. The predicted octanol–water partition coefficient (Wildman–Crippen LogP) is 3.89. The van der Waals surface area contributed by atoms with Gasteiger partial charge in [-0.25, -0.2) is 9.98 Å². The largest absolute Gasteiger partial charge is 0.504 e. The van der Waals surface area contributed by atoms with Crippen LogP contribution in [0.15, 0.2) is 59.0 Å². The quantitative estimate of drug-likeness (QED) is 0.628. The van der Waals surface area contributed by atoms with Crippen molar-refractivity contribution < 1.29 is 14.6 Å². The second-order valence-electron chi connectivity index (χ2n) is 5.78. The minimum atomic E-state index is -0.154. The first-order chi connectivity index (χ1) is 13.0. The maximum absolute atomic E-state index is 12.8. The Morgan fingerprint density at radius 3 is 2.89 bits per heavy atom. The first kappa shape index (κ1) is 18.7. The molecule has 27 heavy (non-hydrogen) atoms. The lowest BCUT2D eigenvalue weighted by molar-refractivity contribution is -0.121. The van der Waals surface area contributed by atoms with Crippen molar-refractivity contribution >= 4 is 34.7 Å². The van der Waals surface area contributed by atoms with Crippen molar-refractivity contribution in [1.29, 1.82) is 0 Å². The van der Waals surface area contributed by atoms with Gasteiger partial charge in [0.25, 0.3) is 5.91 Å². The molecular formula is C20H19N3O3S. The number of amidine groups is 1. The number of thioether (sulfide) groups is 1. The highest BCUT2D eigenvalue weighted by molar-refractivity contribution is 8.18. The number of aromatic nitrogens is 1. The molecule has 2 heterocycles. The molecule has 6 nitrogen and oxygen atoms in total. The van der Waals surface area contributed by atoms with E-state index in [0.717, 1.165) is 11.3 Å². The van der Waals surface area contributed by atoms with Crippen LogP contribution in [0, 0.1) is 6.92 Å². The number of rotatable bonds is 5. The van der Waals surface area contributed by atoms with Crippen LogP contribution in [0.25, 0.3) is 6.08 Å².